The summed E-state index contributed by atoms with van der Waals surface area (Å²) in [6, 6.07) is 12.5. The molecular formula is C39H57N7O5S. The van der Waals surface area contributed by atoms with Crippen molar-refractivity contribution in [3.8, 4) is 0 Å². The minimum atomic E-state index is -0.986. The molecule has 52 heavy (non-hydrogen) atoms. The first-order valence-electron chi connectivity index (χ1n) is 18.2. The van der Waals surface area contributed by atoms with Gasteiger partial charge in [-0.05, 0) is 56.4 Å². The standard InChI is InChI=1S/C39H57N7O5S/c1-26(2)31(20-41-38(50)51-24-30-25-52-37(42-30)27(3)4)35(48)43-32(19-28-11-9-8-10-12-28)34(47)23-46-18-17-45(21-29-13-15-40-16-14-29)22-33(46)36(49)44-39(5,6)7/h8-16,25-27,31-34,47H,17-24H2,1-7H3,(H,41,50)(H,43,48)(H,44,49)/t31-,32+,33+,34-/m0/s1. The zero-order chi connectivity index (χ0) is 37.8. The van der Waals surface area contributed by atoms with Gasteiger partial charge in [0, 0.05) is 68.5 Å². The van der Waals surface area contributed by atoms with Crippen molar-refractivity contribution in [2.45, 2.75) is 97.7 Å². The number of aromatic nitrogens is 2. The molecule has 0 bridgehead atoms. The number of carbonyl (C=O) groups excluding carboxylic acids is 3. The Morgan fingerprint density at radius 1 is 1.02 bits per heavy atom. The summed E-state index contributed by atoms with van der Waals surface area (Å²) in [5.41, 5.74) is 2.34. The van der Waals surface area contributed by atoms with Gasteiger partial charge in [0.05, 0.1) is 28.8 Å². The third kappa shape index (κ3) is 12.9. The van der Waals surface area contributed by atoms with Crippen LogP contribution in [0.2, 0.25) is 0 Å². The molecule has 1 aliphatic heterocycles. The highest BCUT2D eigenvalue weighted by atomic mass is 32.1. The number of aliphatic hydroxyl groups excluding tert-OH is 1. The molecule has 0 radical (unpaired) electrons. The Morgan fingerprint density at radius 2 is 1.73 bits per heavy atom. The van der Waals surface area contributed by atoms with Gasteiger partial charge in [-0.3, -0.25) is 24.4 Å². The number of pyridine rings is 1. The highest BCUT2D eigenvalue weighted by Gasteiger charge is 2.37. The zero-order valence-corrected chi connectivity index (χ0v) is 32.5. The van der Waals surface area contributed by atoms with E-state index in [-0.39, 0.29) is 37.4 Å². The first kappa shape index (κ1) is 40.9. The number of hydrogen-bond acceptors (Lipinski definition) is 10. The first-order valence-corrected chi connectivity index (χ1v) is 19.1. The highest BCUT2D eigenvalue weighted by Crippen LogP contribution is 2.21. The topological polar surface area (TPSA) is 149 Å². The van der Waals surface area contributed by atoms with Gasteiger partial charge >= 0.3 is 6.09 Å². The summed E-state index contributed by atoms with van der Waals surface area (Å²) in [6.45, 7) is 16.6. The molecule has 13 heteroatoms. The minimum absolute atomic E-state index is 0.0473. The van der Waals surface area contributed by atoms with Gasteiger partial charge in [-0.25, -0.2) is 9.78 Å². The summed E-state index contributed by atoms with van der Waals surface area (Å²) >= 11 is 1.54. The largest absolute Gasteiger partial charge is 0.443 e. The molecule has 0 saturated carbocycles. The van der Waals surface area contributed by atoms with E-state index in [0.29, 0.717) is 44.2 Å². The first-order chi connectivity index (χ1) is 24.7. The van der Waals surface area contributed by atoms with Gasteiger partial charge in [-0.2, -0.15) is 0 Å². The molecule has 12 nitrogen and oxygen atoms in total. The Kier molecular flexibility index (Phi) is 15.1. The number of β-amino-alcohol motifs (C(OH)–C–C–N with tert-alkyl or cyclic N) is 1. The smallest absolute Gasteiger partial charge is 0.407 e. The second-order valence-corrected chi connectivity index (χ2v) is 16.2. The molecule has 3 heterocycles. The van der Waals surface area contributed by atoms with Gasteiger partial charge in [-0.15, -0.1) is 11.3 Å². The number of rotatable bonds is 16. The molecule has 3 aromatic rings. The van der Waals surface area contributed by atoms with Crippen molar-refractivity contribution in [3.63, 3.8) is 0 Å². The Bertz CT molecular complexity index is 1560. The third-order valence-corrected chi connectivity index (χ3v) is 10.3. The number of piperazine rings is 1. The molecule has 0 spiro atoms. The number of aliphatic hydroxyl groups is 1. The Morgan fingerprint density at radius 3 is 2.37 bits per heavy atom. The average Bonchev–Trinajstić information content (AvgIpc) is 3.57. The van der Waals surface area contributed by atoms with E-state index in [9.17, 15) is 19.5 Å². The van der Waals surface area contributed by atoms with Crippen LogP contribution in [0.5, 0.6) is 0 Å². The molecule has 4 N–H and O–H groups in total. The number of thiazole rings is 1. The van der Waals surface area contributed by atoms with Crippen molar-refractivity contribution in [1.29, 1.82) is 0 Å². The number of carbonyl (C=O) groups is 3. The number of nitrogens with one attached hydrogen (secondary N) is 3. The van der Waals surface area contributed by atoms with E-state index in [1.54, 1.807) is 12.4 Å². The number of hydrogen-bond donors (Lipinski definition) is 4. The number of nitrogens with zero attached hydrogens (tertiary/aromatic N) is 4. The van der Waals surface area contributed by atoms with E-state index in [1.807, 2.05) is 87.4 Å². The Hall–Kier alpha value is -3.91. The second kappa shape index (κ2) is 19.2. The molecule has 0 unspecified atom stereocenters. The van der Waals surface area contributed by atoms with Crippen molar-refractivity contribution in [3.05, 3.63) is 82.1 Å². The molecule has 0 aliphatic carbocycles. The van der Waals surface area contributed by atoms with E-state index in [2.05, 4.69) is 44.7 Å². The molecular weight excluding hydrogens is 679 g/mol. The predicted octanol–water partition coefficient (Wildman–Crippen LogP) is 4.35. The number of benzene rings is 1. The van der Waals surface area contributed by atoms with Crippen LogP contribution in [-0.4, -0.2) is 99.2 Å². The molecule has 3 amide bonds. The van der Waals surface area contributed by atoms with Gasteiger partial charge in [0.2, 0.25) is 11.8 Å². The lowest BCUT2D eigenvalue weighted by Crippen LogP contribution is -2.63. The lowest BCUT2D eigenvalue weighted by Gasteiger charge is -2.43. The molecule has 284 valence electrons. The number of alkyl carbamates (subject to hydrolysis) is 1. The van der Waals surface area contributed by atoms with E-state index in [4.69, 9.17) is 4.74 Å². The SMILES string of the molecule is CC(C)c1nc(COC(=O)NC[C@H](C(=O)N[C@H](Cc2ccccc2)[C@@H](O)CN2CCN(Cc3ccncc3)C[C@@H]2C(=O)NC(C)(C)C)C(C)C)cs1. The Balaban J connectivity index is 1.44. The van der Waals surface area contributed by atoms with Crippen LogP contribution in [0.15, 0.2) is 60.2 Å². The maximum atomic E-state index is 13.9. The van der Waals surface area contributed by atoms with Crippen molar-refractivity contribution in [2.75, 3.05) is 32.7 Å². The van der Waals surface area contributed by atoms with Gasteiger partial charge in [0.15, 0.2) is 0 Å². The van der Waals surface area contributed by atoms with Gasteiger partial charge in [0.25, 0.3) is 0 Å². The lowest BCUT2D eigenvalue weighted by molar-refractivity contribution is -0.132. The fourth-order valence-corrected chi connectivity index (χ4v) is 6.98. The van der Waals surface area contributed by atoms with Crippen molar-refractivity contribution in [2.24, 2.45) is 11.8 Å². The van der Waals surface area contributed by atoms with Crippen LogP contribution in [0, 0.1) is 11.8 Å². The zero-order valence-electron chi connectivity index (χ0n) is 31.7. The summed E-state index contributed by atoms with van der Waals surface area (Å²) < 4.78 is 5.39. The summed E-state index contributed by atoms with van der Waals surface area (Å²) in [5, 5.41) is 23.7. The van der Waals surface area contributed by atoms with Gasteiger partial charge in [-0.1, -0.05) is 58.0 Å². The molecule has 4 atom stereocenters. The average molecular weight is 736 g/mol. The second-order valence-electron chi connectivity index (χ2n) is 15.4. The Labute approximate surface area is 312 Å². The third-order valence-electron chi connectivity index (χ3n) is 9.07. The molecule has 1 aliphatic rings. The molecule has 1 saturated heterocycles. The van der Waals surface area contributed by atoms with E-state index >= 15 is 0 Å². The van der Waals surface area contributed by atoms with Crippen LogP contribution in [0.4, 0.5) is 4.79 Å². The van der Waals surface area contributed by atoms with Crippen LogP contribution in [0.3, 0.4) is 0 Å². The molecule has 4 rings (SSSR count). The van der Waals surface area contributed by atoms with E-state index in [0.717, 1.165) is 16.1 Å². The summed E-state index contributed by atoms with van der Waals surface area (Å²) in [7, 11) is 0. The predicted molar refractivity (Wildman–Crippen MR) is 204 cm³/mol. The summed E-state index contributed by atoms with van der Waals surface area (Å²) in [6.07, 6.45) is 2.32. The van der Waals surface area contributed by atoms with Gasteiger partial charge < -0.3 is 25.8 Å². The van der Waals surface area contributed by atoms with Crippen LogP contribution < -0.4 is 16.0 Å². The van der Waals surface area contributed by atoms with Crippen LogP contribution in [0.25, 0.3) is 0 Å². The molecule has 1 fully saturated rings. The molecule has 1 aromatic carbocycles. The quantitative estimate of drug-likeness (QED) is 0.169. The maximum Gasteiger partial charge on any atom is 0.407 e. The molecule has 2 aromatic heterocycles. The van der Waals surface area contributed by atoms with Crippen molar-refractivity contribution >= 4 is 29.2 Å². The number of ether oxygens (including phenoxy) is 1. The number of amides is 3. The monoisotopic (exact) mass is 735 g/mol. The van der Waals surface area contributed by atoms with Crippen molar-refractivity contribution in [1.82, 2.24) is 35.7 Å². The van der Waals surface area contributed by atoms with Crippen LogP contribution in [-0.2, 0) is 33.9 Å². The summed E-state index contributed by atoms with van der Waals surface area (Å²) in [4.78, 5) is 53.1. The fraction of sp³-hybridized carbons (Fsp3) is 0.564. The lowest BCUT2D eigenvalue weighted by atomic mass is 9.93. The maximum absolute atomic E-state index is 13.9. The van der Waals surface area contributed by atoms with Crippen LogP contribution in [0.1, 0.15) is 76.2 Å². The fourth-order valence-electron chi connectivity index (χ4n) is 6.16. The van der Waals surface area contributed by atoms with E-state index in [1.165, 1.54) is 11.3 Å². The van der Waals surface area contributed by atoms with Crippen LogP contribution >= 0.6 is 11.3 Å². The minimum Gasteiger partial charge on any atom is -0.443 e. The van der Waals surface area contributed by atoms with E-state index < -0.39 is 35.7 Å². The van der Waals surface area contributed by atoms with Gasteiger partial charge in [0.1, 0.15) is 12.6 Å². The highest BCUT2D eigenvalue weighted by molar-refractivity contribution is 7.09. The van der Waals surface area contributed by atoms with Crippen molar-refractivity contribution < 1.29 is 24.2 Å². The summed E-state index contributed by atoms with van der Waals surface area (Å²) in [5.74, 6) is -0.770. The normalized spacial score (nSPS) is 17.4.